The van der Waals surface area contributed by atoms with E-state index in [1.807, 2.05) is 26.0 Å². The number of aliphatic hydroxyl groups excluding tert-OH is 1. The largest absolute Gasteiger partial charge is 0.395 e. The number of hydrogen-bond acceptors (Lipinski definition) is 3. The fourth-order valence-electron chi connectivity index (χ4n) is 2.73. The lowest BCUT2D eigenvalue weighted by Gasteiger charge is -2.33. The summed E-state index contributed by atoms with van der Waals surface area (Å²) >= 11 is 3.40. The molecule has 1 aromatic carbocycles. The third kappa shape index (κ3) is 3.77. The van der Waals surface area contributed by atoms with Gasteiger partial charge in [-0.05, 0) is 49.9 Å². The molecule has 0 aliphatic carbocycles. The normalized spacial score (nSPS) is 20.5. The van der Waals surface area contributed by atoms with Crippen LogP contribution in [0.15, 0.2) is 16.6 Å². The quantitative estimate of drug-likeness (QED) is 0.848. The number of nitrogens with one attached hydrogen (secondary N) is 1. The maximum atomic E-state index is 12.6. The first-order chi connectivity index (χ1) is 9.85. The zero-order valence-electron chi connectivity index (χ0n) is 12.3. The summed E-state index contributed by atoms with van der Waals surface area (Å²) < 4.78 is 30.2. The van der Waals surface area contributed by atoms with E-state index < -0.39 is 10.2 Å². The van der Waals surface area contributed by atoms with Gasteiger partial charge in [-0.25, -0.2) is 0 Å². The molecule has 0 spiro atoms. The van der Waals surface area contributed by atoms with Gasteiger partial charge in [0.05, 0.1) is 12.3 Å². The van der Waals surface area contributed by atoms with E-state index >= 15 is 0 Å². The lowest BCUT2D eigenvalue weighted by molar-refractivity contribution is 0.156. The monoisotopic (exact) mass is 376 g/mol. The smallest absolute Gasteiger partial charge is 0.301 e. The van der Waals surface area contributed by atoms with Crippen LogP contribution in [0.1, 0.15) is 30.4 Å². The lowest BCUT2D eigenvalue weighted by Crippen LogP contribution is -2.48. The Labute approximate surface area is 134 Å². The number of halogens is 1. The van der Waals surface area contributed by atoms with E-state index in [2.05, 4.69) is 20.7 Å². The van der Waals surface area contributed by atoms with Crippen LogP contribution in [0.3, 0.4) is 0 Å². The SMILES string of the molecule is Cc1cc(Br)cc(C)c1NS(=O)(=O)N1CCCCC1CO. The van der Waals surface area contributed by atoms with Gasteiger partial charge in [0.1, 0.15) is 0 Å². The summed E-state index contributed by atoms with van der Waals surface area (Å²) in [4.78, 5) is 0. The molecular weight excluding hydrogens is 356 g/mol. The molecule has 0 saturated carbocycles. The Morgan fingerprint density at radius 2 is 1.95 bits per heavy atom. The van der Waals surface area contributed by atoms with Crippen molar-refractivity contribution in [3.05, 3.63) is 27.7 Å². The Kier molecular flexibility index (Phi) is 5.29. The van der Waals surface area contributed by atoms with Gasteiger partial charge >= 0.3 is 10.2 Å². The number of hydrogen-bond donors (Lipinski definition) is 2. The molecule has 1 fully saturated rings. The van der Waals surface area contributed by atoms with Gasteiger partial charge in [0.25, 0.3) is 0 Å². The van der Waals surface area contributed by atoms with Crippen LogP contribution in [0.25, 0.3) is 0 Å². The van der Waals surface area contributed by atoms with E-state index in [1.54, 1.807) is 0 Å². The molecule has 1 saturated heterocycles. The van der Waals surface area contributed by atoms with Crippen LogP contribution < -0.4 is 4.72 Å². The molecule has 21 heavy (non-hydrogen) atoms. The summed E-state index contributed by atoms with van der Waals surface area (Å²) in [6, 6.07) is 3.43. The number of aryl methyl sites for hydroxylation is 2. The van der Waals surface area contributed by atoms with Gasteiger partial charge in [-0.3, -0.25) is 4.72 Å². The first-order valence-corrected chi connectivity index (χ1v) is 9.25. The molecule has 0 radical (unpaired) electrons. The van der Waals surface area contributed by atoms with E-state index in [4.69, 9.17) is 0 Å². The molecular formula is C14H21BrN2O3S. The second-order valence-corrected chi connectivity index (χ2v) is 8.00. The fourth-order valence-corrected chi connectivity index (χ4v) is 5.05. The zero-order valence-corrected chi connectivity index (χ0v) is 14.7. The molecule has 0 amide bonds. The molecule has 0 aromatic heterocycles. The van der Waals surface area contributed by atoms with Gasteiger partial charge in [-0.1, -0.05) is 22.4 Å². The van der Waals surface area contributed by atoms with Crippen LogP contribution in [0, 0.1) is 13.8 Å². The highest BCUT2D eigenvalue weighted by atomic mass is 79.9. The van der Waals surface area contributed by atoms with Crippen LogP contribution in [-0.4, -0.2) is 37.0 Å². The van der Waals surface area contributed by atoms with E-state index in [0.717, 1.165) is 28.4 Å². The van der Waals surface area contributed by atoms with Crippen LogP contribution >= 0.6 is 15.9 Å². The number of benzene rings is 1. The molecule has 1 aliphatic rings. The summed E-state index contributed by atoms with van der Waals surface area (Å²) in [6.45, 7) is 4.05. The molecule has 1 atom stereocenters. The fraction of sp³-hybridized carbons (Fsp3) is 0.571. The first-order valence-electron chi connectivity index (χ1n) is 7.02. The highest BCUT2D eigenvalue weighted by Crippen LogP contribution is 2.28. The molecule has 2 N–H and O–H groups in total. The van der Waals surface area contributed by atoms with Gasteiger partial charge in [-0.2, -0.15) is 12.7 Å². The van der Waals surface area contributed by atoms with Gasteiger partial charge in [0.15, 0.2) is 0 Å². The molecule has 1 heterocycles. The van der Waals surface area contributed by atoms with Gasteiger partial charge in [0.2, 0.25) is 0 Å². The minimum absolute atomic E-state index is 0.140. The molecule has 2 rings (SSSR count). The third-order valence-electron chi connectivity index (χ3n) is 3.82. The minimum atomic E-state index is -3.65. The Balaban J connectivity index is 2.29. The van der Waals surface area contributed by atoms with Gasteiger partial charge < -0.3 is 5.11 Å². The molecule has 5 nitrogen and oxygen atoms in total. The van der Waals surface area contributed by atoms with Crippen molar-refractivity contribution >= 4 is 31.8 Å². The molecule has 1 aliphatic heterocycles. The standard InChI is InChI=1S/C14H21BrN2O3S/c1-10-7-12(15)8-11(2)14(10)16-21(19,20)17-6-4-3-5-13(17)9-18/h7-8,13,16,18H,3-6,9H2,1-2H3. The van der Waals surface area contributed by atoms with E-state index in [-0.39, 0.29) is 12.6 Å². The van der Waals surface area contributed by atoms with Crippen molar-refractivity contribution in [2.45, 2.75) is 39.2 Å². The van der Waals surface area contributed by atoms with E-state index in [1.165, 1.54) is 4.31 Å². The third-order valence-corrected chi connectivity index (χ3v) is 5.84. The highest BCUT2D eigenvalue weighted by molar-refractivity contribution is 9.10. The Morgan fingerprint density at radius 1 is 1.33 bits per heavy atom. The maximum absolute atomic E-state index is 12.6. The predicted molar refractivity (Wildman–Crippen MR) is 87.6 cm³/mol. The van der Waals surface area contributed by atoms with Crippen molar-refractivity contribution in [2.24, 2.45) is 0 Å². The second-order valence-electron chi connectivity index (χ2n) is 5.46. The average molecular weight is 377 g/mol. The minimum Gasteiger partial charge on any atom is -0.395 e. The second kappa shape index (κ2) is 6.64. The summed E-state index contributed by atoms with van der Waals surface area (Å²) in [6.07, 6.45) is 2.49. The number of piperidine rings is 1. The number of nitrogens with zero attached hydrogens (tertiary/aromatic N) is 1. The van der Waals surface area contributed by atoms with Crippen molar-refractivity contribution in [1.29, 1.82) is 0 Å². The predicted octanol–water partition coefficient (Wildman–Crippen LogP) is 2.57. The topological polar surface area (TPSA) is 69.6 Å². The number of anilines is 1. The Hall–Kier alpha value is -0.630. The molecule has 1 unspecified atom stereocenters. The van der Waals surface area contributed by atoms with Crippen LogP contribution in [0.5, 0.6) is 0 Å². The zero-order chi connectivity index (χ0) is 15.6. The Bertz CT molecular complexity index is 596. The Morgan fingerprint density at radius 3 is 2.52 bits per heavy atom. The maximum Gasteiger partial charge on any atom is 0.301 e. The summed E-state index contributed by atoms with van der Waals surface area (Å²) in [5, 5.41) is 9.40. The highest BCUT2D eigenvalue weighted by Gasteiger charge is 2.32. The van der Waals surface area contributed by atoms with Crippen molar-refractivity contribution in [2.75, 3.05) is 17.9 Å². The first kappa shape index (κ1) is 16.7. The van der Waals surface area contributed by atoms with E-state index in [9.17, 15) is 13.5 Å². The number of rotatable bonds is 4. The molecule has 118 valence electrons. The van der Waals surface area contributed by atoms with E-state index in [0.29, 0.717) is 18.7 Å². The van der Waals surface area contributed by atoms with Crippen LogP contribution in [-0.2, 0) is 10.2 Å². The van der Waals surface area contributed by atoms with Crippen LogP contribution in [0.4, 0.5) is 5.69 Å². The van der Waals surface area contributed by atoms with Crippen molar-refractivity contribution in [1.82, 2.24) is 4.31 Å². The molecule has 0 bridgehead atoms. The number of aliphatic hydroxyl groups is 1. The molecule has 7 heteroatoms. The van der Waals surface area contributed by atoms with Crippen molar-refractivity contribution in [3.8, 4) is 0 Å². The summed E-state index contributed by atoms with van der Waals surface area (Å²) in [7, 11) is -3.65. The molecule has 1 aromatic rings. The van der Waals surface area contributed by atoms with Gasteiger partial charge in [0, 0.05) is 17.1 Å². The van der Waals surface area contributed by atoms with Crippen molar-refractivity contribution < 1.29 is 13.5 Å². The average Bonchev–Trinajstić information content (AvgIpc) is 2.43. The lowest BCUT2D eigenvalue weighted by atomic mass is 10.1. The summed E-state index contributed by atoms with van der Waals surface area (Å²) in [5.41, 5.74) is 2.34. The van der Waals surface area contributed by atoms with Crippen LogP contribution in [0.2, 0.25) is 0 Å². The van der Waals surface area contributed by atoms with Crippen molar-refractivity contribution in [3.63, 3.8) is 0 Å². The van der Waals surface area contributed by atoms with Gasteiger partial charge in [-0.15, -0.1) is 0 Å². The summed E-state index contributed by atoms with van der Waals surface area (Å²) in [5.74, 6) is 0.